The fraction of sp³-hybridized carbons (Fsp3) is 0.282. The summed E-state index contributed by atoms with van der Waals surface area (Å²) in [4.78, 5) is 20.5. The van der Waals surface area contributed by atoms with Crippen LogP contribution in [0, 0.1) is 6.92 Å². The highest BCUT2D eigenvalue weighted by atomic mass is 35.5. The van der Waals surface area contributed by atoms with E-state index in [0.29, 0.717) is 18.6 Å². The molecule has 1 heterocycles. The normalized spacial score (nSPS) is 11.8. The van der Waals surface area contributed by atoms with E-state index in [1.165, 1.54) is 12.8 Å². The molecule has 0 fully saturated rings. The third-order valence-electron chi connectivity index (χ3n) is 8.21. The number of ketones is 1. The monoisotopic (exact) mass is 636 g/mol. The molecule has 5 rings (SSSR count). The Balaban J connectivity index is 1.45. The van der Waals surface area contributed by atoms with Gasteiger partial charge in [-0.25, -0.2) is 0 Å². The molecule has 0 saturated carbocycles. The van der Waals surface area contributed by atoms with Crippen LogP contribution in [-0.2, 0) is 11.4 Å². The lowest BCUT2D eigenvalue weighted by atomic mass is 9.96. The highest BCUT2D eigenvalue weighted by Gasteiger charge is 2.17. The zero-order valence-corrected chi connectivity index (χ0v) is 28.0. The molecule has 0 aliphatic heterocycles. The summed E-state index contributed by atoms with van der Waals surface area (Å²) < 4.78 is 2.30. The van der Waals surface area contributed by atoms with Gasteiger partial charge in [-0.2, -0.15) is 0 Å². The molecule has 5 aromatic rings. The predicted octanol–water partition coefficient (Wildman–Crippen LogP) is 11.2. The zero-order valence-electron chi connectivity index (χ0n) is 26.4. The standard InChI is InChI=1S/C39H41ClN2O2S/c1-5-7-8-11-23-44-41-36(22-24-45-32-18-16-31(40)17-19-32)28(4)29-14-20-37-34(25-29)35-26-30(15-21-38(35)42(37)6-2)39(43)33-13-10-9-12-27(33)3/h9-10,12-21,25-26H,4-8,11,22-24H2,1-3H3/b41-36+. The summed E-state index contributed by atoms with van der Waals surface area (Å²) in [7, 11) is 0. The van der Waals surface area contributed by atoms with Gasteiger partial charge in [0.15, 0.2) is 5.78 Å². The van der Waals surface area contributed by atoms with Crippen molar-refractivity contribution in [2.45, 2.75) is 64.3 Å². The maximum Gasteiger partial charge on any atom is 0.193 e. The molecule has 0 radical (unpaired) electrons. The Morgan fingerprint density at radius 2 is 1.58 bits per heavy atom. The minimum Gasteiger partial charge on any atom is -0.396 e. The molecule has 0 atom stereocenters. The van der Waals surface area contributed by atoms with Crippen molar-refractivity contribution in [2.75, 3.05) is 12.4 Å². The van der Waals surface area contributed by atoms with Crippen molar-refractivity contribution in [3.8, 4) is 0 Å². The summed E-state index contributed by atoms with van der Waals surface area (Å²) in [5.41, 5.74) is 7.34. The Bertz CT molecular complexity index is 1840. The number of rotatable bonds is 15. The molecule has 0 saturated heterocycles. The molecule has 0 aliphatic carbocycles. The average molecular weight is 637 g/mol. The fourth-order valence-electron chi connectivity index (χ4n) is 5.69. The van der Waals surface area contributed by atoms with E-state index in [1.807, 2.05) is 67.6 Å². The second kappa shape index (κ2) is 15.5. The topological polar surface area (TPSA) is 43.6 Å². The summed E-state index contributed by atoms with van der Waals surface area (Å²) in [5.74, 6) is 0.872. The van der Waals surface area contributed by atoms with Gasteiger partial charge >= 0.3 is 0 Å². The lowest BCUT2D eigenvalue weighted by molar-refractivity contribution is 0.103. The Morgan fingerprint density at radius 1 is 0.889 bits per heavy atom. The largest absolute Gasteiger partial charge is 0.396 e. The van der Waals surface area contributed by atoms with Crippen molar-refractivity contribution in [1.29, 1.82) is 0 Å². The minimum absolute atomic E-state index is 0.0386. The number of halogens is 1. The second-order valence-electron chi connectivity index (χ2n) is 11.3. The van der Waals surface area contributed by atoms with Gasteiger partial charge in [0.1, 0.15) is 6.61 Å². The number of fused-ring (bicyclic) bond motifs is 3. The summed E-state index contributed by atoms with van der Waals surface area (Å²) in [6.07, 6.45) is 5.23. The molecule has 0 unspecified atom stereocenters. The van der Waals surface area contributed by atoms with Crippen LogP contribution in [0.1, 0.15) is 73.0 Å². The zero-order chi connectivity index (χ0) is 31.8. The molecular formula is C39H41ClN2O2S. The van der Waals surface area contributed by atoms with E-state index < -0.39 is 0 Å². The van der Waals surface area contributed by atoms with Gasteiger partial charge in [-0.15, -0.1) is 11.8 Å². The van der Waals surface area contributed by atoms with Gasteiger partial charge in [0, 0.05) is 61.6 Å². The van der Waals surface area contributed by atoms with E-state index in [0.717, 1.165) is 84.8 Å². The first-order valence-corrected chi connectivity index (χ1v) is 17.2. The minimum atomic E-state index is 0.0386. The van der Waals surface area contributed by atoms with E-state index in [9.17, 15) is 4.79 Å². The number of unbranched alkanes of at least 4 members (excludes halogenated alkanes) is 3. The number of hydrogen-bond donors (Lipinski definition) is 0. The maximum absolute atomic E-state index is 13.5. The Morgan fingerprint density at radius 3 is 2.27 bits per heavy atom. The number of aryl methyl sites for hydroxylation is 2. The van der Waals surface area contributed by atoms with Crippen LogP contribution in [0.3, 0.4) is 0 Å². The number of benzene rings is 4. The van der Waals surface area contributed by atoms with Gasteiger partial charge in [0.2, 0.25) is 0 Å². The van der Waals surface area contributed by atoms with Crippen LogP contribution in [-0.4, -0.2) is 28.4 Å². The third-order valence-corrected chi connectivity index (χ3v) is 9.48. The van der Waals surface area contributed by atoms with E-state index in [1.54, 1.807) is 11.8 Å². The molecule has 4 aromatic carbocycles. The number of carbonyl (C=O) groups excluding carboxylic acids is 1. The number of carbonyl (C=O) groups is 1. The molecule has 4 nitrogen and oxygen atoms in total. The maximum atomic E-state index is 13.5. The molecule has 0 spiro atoms. The number of hydrogen-bond acceptors (Lipinski definition) is 4. The summed E-state index contributed by atoms with van der Waals surface area (Å²) in [6, 6.07) is 28.2. The molecule has 0 N–H and O–H groups in total. The quantitative estimate of drug-likeness (QED) is 0.0377. The lowest BCUT2D eigenvalue weighted by Gasteiger charge is -2.11. The van der Waals surface area contributed by atoms with Crippen LogP contribution in [0.25, 0.3) is 27.4 Å². The van der Waals surface area contributed by atoms with Crippen molar-refractivity contribution in [3.05, 3.63) is 119 Å². The van der Waals surface area contributed by atoms with Crippen LogP contribution in [0.4, 0.5) is 0 Å². The van der Waals surface area contributed by atoms with Gasteiger partial charge in [-0.1, -0.05) is 73.4 Å². The molecule has 0 bridgehead atoms. The van der Waals surface area contributed by atoms with Gasteiger partial charge in [-0.05, 0) is 98.0 Å². The molecule has 1 aromatic heterocycles. The van der Waals surface area contributed by atoms with Crippen molar-refractivity contribution in [2.24, 2.45) is 5.16 Å². The van der Waals surface area contributed by atoms with Crippen LogP contribution in [0.15, 0.2) is 102 Å². The first-order chi connectivity index (χ1) is 21.9. The van der Waals surface area contributed by atoms with E-state index in [4.69, 9.17) is 16.4 Å². The average Bonchev–Trinajstić information content (AvgIpc) is 3.38. The molecule has 0 aliphatic rings. The fourth-order valence-corrected chi connectivity index (χ4v) is 6.67. The Labute approximate surface area is 276 Å². The SMILES string of the molecule is C=C(/C(CCSc1ccc(Cl)cc1)=N/OCCCCCC)c1ccc2c(c1)c1cc(C(=O)c3ccccc3C)ccc1n2CC. The number of oxime groups is 1. The summed E-state index contributed by atoms with van der Waals surface area (Å²) >= 11 is 7.84. The number of allylic oxidation sites excluding steroid dienone is 1. The second-order valence-corrected chi connectivity index (χ2v) is 12.9. The van der Waals surface area contributed by atoms with Gasteiger partial charge in [-0.3, -0.25) is 4.79 Å². The van der Waals surface area contributed by atoms with Crippen molar-refractivity contribution in [1.82, 2.24) is 4.57 Å². The van der Waals surface area contributed by atoms with Crippen LogP contribution < -0.4 is 0 Å². The van der Waals surface area contributed by atoms with Gasteiger partial charge in [0.25, 0.3) is 0 Å². The molecular weight excluding hydrogens is 596 g/mol. The van der Waals surface area contributed by atoms with Crippen LogP contribution in [0.5, 0.6) is 0 Å². The molecule has 45 heavy (non-hydrogen) atoms. The summed E-state index contributed by atoms with van der Waals surface area (Å²) in [6.45, 7) is 12.3. The highest BCUT2D eigenvalue weighted by Crippen LogP contribution is 2.33. The van der Waals surface area contributed by atoms with E-state index in [-0.39, 0.29) is 5.78 Å². The van der Waals surface area contributed by atoms with Crippen molar-refractivity contribution >= 4 is 62.2 Å². The van der Waals surface area contributed by atoms with E-state index in [2.05, 4.69) is 54.4 Å². The van der Waals surface area contributed by atoms with Crippen molar-refractivity contribution < 1.29 is 9.63 Å². The Hall–Kier alpha value is -3.80. The van der Waals surface area contributed by atoms with Crippen LogP contribution in [0.2, 0.25) is 5.02 Å². The number of thioether (sulfide) groups is 1. The van der Waals surface area contributed by atoms with Gasteiger partial charge in [0.05, 0.1) is 5.71 Å². The lowest BCUT2D eigenvalue weighted by Crippen LogP contribution is -2.05. The molecule has 0 amide bonds. The highest BCUT2D eigenvalue weighted by molar-refractivity contribution is 7.99. The Kier molecular flexibility index (Phi) is 11.2. The summed E-state index contributed by atoms with van der Waals surface area (Å²) in [5, 5.41) is 7.51. The molecule has 6 heteroatoms. The van der Waals surface area contributed by atoms with Crippen molar-refractivity contribution in [3.63, 3.8) is 0 Å². The van der Waals surface area contributed by atoms with Gasteiger partial charge < -0.3 is 9.40 Å². The first-order valence-electron chi connectivity index (χ1n) is 15.8. The van der Waals surface area contributed by atoms with Crippen LogP contribution >= 0.6 is 23.4 Å². The first kappa shape index (κ1) is 32.6. The number of aromatic nitrogens is 1. The number of nitrogens with zero attached hydrogens (tertiary/aromatic N) is 2. The smallest absolute Gasteiger partial charge is 0.193 e. The van der Waals surface area contributed by atoms with E-state index >= 15 is 0 Å². The molecule has 232 valence electrons. The predicted molar refractivity (Wildman–Crippen MR) is 193 cm³/mol. The third kappa shape index (κ3) is 7.71.